The van der Waals surface area contributed by atoms with Gasteiger partial charge in [0.05, 0.1) is 6.61 Å². The molecule has 1 fully saturated rings. The Bertz CT molecular complexity index is 1030. The van der Waals surface area contributed by atoms with Crippen LogP contribution in [0.15, 0.2) is 0 Å². The van der Waals surface area contributed by atoms with Crippen LogP contribution >= 0.6 is 0 Å². The van der Waals surface area contributed by atoms with E-state index in [-0.39, 0.29) is 19.4 Å². The average molecular weight is 795 g/mol. The Kier molecular flexibility index (Phi) is 30.7. The van der Waals surface area contributed by atoms with Gasteiger partial charge in [-0.05, 0) is 12.8 Å². The van der Waals surface area contributed by atoms with Gasteiger partial charge in [-0.2, -0.15) is 8.42 Å². The third-order valence-electron chi connectivity index (χ3n) is 10.2. The summed E-state index contributed by atoms with van der Waals surface area (Å²) in [6.07, 6.45) is 21.7. The van der Waals surface area contributed by atoms with E-state index in [1.807, 2.05) is 0 Å². The number of carbonyl (C=O) groups is 2. The molecular weight excluding hydrogens is 717 g/mol. The standard InChI is InChI=1S/C41H78O12S/c1-3-5-7-9-11-13-14-15-16-17-18-19-20-21-22-24-26-28-30-37(43)52-34(31-50-36(42)29-27-25-23-12-10-8-6-4-2)32-51-41-40(46)39(45)38(44)35(53-41)33-54(47,48)49/h34-35,38-41,44-46H,3-33H2,1-2H3,(H,47,48,49)/t34-,35-,38-,39?,40?,41+/m1/s1. The Labute approximate surface area is 327 Å². The highest BCUT2D eigenvalue weighted by Crippen LogP contribution is 2.24. The van der Waals surface area contributed by atoms with Crippen LogP contribution in [0.1, 0.15) is 194 Å². The summed E-state index contributed by atoms with van der Waals surface area (Å²) in [5.41, 5.74) is 0. The van der Waals surface area contributed by atoms with Crippen molar-refractivity contribution in [3.63, 3.8) is 0 Å². The number of carbonyl (C=O) groups excluding carboxylic acids is 2. The third kappa shape index (κ3) is 27.3. The Balaban J connectivity index is 2.40. The number of esters is 2. The number of aliphatic hydroxyl groups excluding tert-OH is 3. The van der Waals surface area contributed by atoms with Crippen molar-refractivity contribution in [3.8, 4) is 0 Å². The first-order chi connectivity index (χ1) is 26.0. The van der Waals surface area contributed by atoms with E-state index in [0.29, 0.717) is 12.8 Å². The van der Waals surface area contributed by atoms with Gasteiger partial charge in [-0.15, -0.1) is 0 Å². The molecule has 12 nitrogen and oxygen atoms in total. The molecule has 1 saturated heterocycles. The van der Waals surface area contributed by atoms with Crippen molar-refractivity contribution in [2.75, 3.05) is 19.0 Å². The van der Waals surface area contributed by atoms with Gasteiger partial charge in [0.1, 0.15) is 36.8 Å². The predicted molar refractivity (Wildman–Crippen MR) is 211 cm³/mol. The molecule has 0 spiro atoms. The molecule has 13 heteroatoms. The highest BCUT2D eigenvalue weighted by molar-refractivity contribution is 7.85. The second kappa shape index (κ2) is 32.7. The van der Waals surface area contributed by atoms with Gasteiger partial charge in [0.15, 0.2) is 12.4 Å². The molecule has 0 radical (unpaired) electrons. The summed E-state index contributed by atoms with van der Waals surface area (Å²) in [5.74, 6) is -1.97. The zero-order valence-corrected chi connectivity index (χ0v) is 34.7. The molecule has 320 valence electrons. The molecule has 0 amide bonds. The largest absolute Gasteiger partial charge is 0.462 e. The van der Waals surface area contributed by atoms with Crippen molar-refractivity contribution in [1.82, 2.24) is 0 Å². The molecule has 1 heterocycles. The van der Waals surface area contributed by atoms with E-state index in [4.69, 9.17) is 18.9 Å². The molecule has 1 aliphatic rings. The fraction of sp³-hybridized carbons (Fsp3) is 0.951. The quantitative estimate of drug-likeness (QED) is 0.0272. The van der Waals surface area contributed by atoms with Gasteiger partial charge in [-0.25, -0.2) is 0 Å². The highest BCUT2D eigenvalue weighted by atomic mass is 32.2. The maximum absolute atomic E-state index is 12.8. The van der Waals surface area contributed by atoms with Crippen LogP contribution in [0.25, 0.3) is 0 Å². The van der Waals surface area contributed by atoms with Crippen molar-refractivity contribution in [2.24, 2.45) is 0 Å². The molecule has 0 aromatic heterocycles. The van der Waals surface area contributed by atoms with E-state index in [9.17, 15) is 37.9 Å². The van der Waals surface area contributed by atoms with Crippen LogP contribution in [0.2, 0.25) is 0 Å². The van der Waals surface area contributed by atoms with Crippen molar-refractivity contribution in [2.45, 2.75) is 230 Å². The number of ether oxygens (including phenoxy) is 4. The summed E-state index contributed by atoms with van der Waals surface area (Å²) in [6, 6.07) is 0. The molecule has 0 bridgehead atoms. The summed E-state index contributed by atoms with van der Waals surface area (Å²) in [5, 5.41) is 30.8. The van der Waals surface area contributed by atoms with E-state index in [1.165, 1.54) is 116 Å². The SMILES string of the molecule is CCCCCCCCCCCCCCCCCCCCC(=O)O[C@H](COC(=O)CCCCCCCCCC)CO[C@H]1O[C@H](CS(=O)(=O)O)[C@@H](O)C(O)C1O. The summed E-state index contributed by atoms with van der Waals surface area (Å²) in [7, 11) is -4.59. The second-order valence-corrected chi connectivity index (χ2v) is 16.9. The van der Waals surface area contributed by atoms with Crippen LogP contribution in [0.3, 0.4) is 0 Å². The van der Waals surface area contributed by atoms with Gasteiger partial charge in [0.2, 0.25) is 0 Å². The van der Waals surface area contributed by atoms with E-state index >= 15 is 0 Å². The predicted octanol–water partition coefficient (Wildman–Crippen LogP) is 8.12. The van der Waals surface area contributed by atoms with Crippen molar-refractivity contribution >= 4 is 22.1 Å². The molecular formula is C41H78O12S. The minimum Gasteiger partial charge on any atom is -0.462 e. The van der Waals surface area contributed by atoms with Gasteiger partial charge < -0.3 is 34.3 Å². The lowest BCUT2D eigenvalue weighted by Gasteiger charge is -2.40. The molecule has 1 rings (SSSR count). The van der Waals surface area contributed by atoms with Gasteiger partial charge in [-0.3, -0.25) is 14.1 Å². The van der Waals surface area contributed by atoms with Crippen LogP contribution < -0.4 is 0 Å². The summed E-state index contributed by atoms with van der Waals surface area (Å²) < 4.78 is 53.9. The van der Waals surface area contributed by atoms with E-state index in [0.717, 1.165) is 38.5 Å². The Morgan fingerprint density at radius 3 is 1.35 bits per heavy atom. The zero-order valence-electron chi connectivity index (χ0n) is 33.8. The van der Waals surface area contributed by atoms with Gasteiger partial charge >= 0.3 is 11.9 Å². The number of aliphatic hydroxyl groups is 3. The smallest absolute Gasteiger partial charge is 0.306 e. The Morgan fingerprint density at radius 1 is 0.556 bits per heavy atom. The van der Waals surface area contributed by atoms with Gasteiger partial charge in [0.25, 0.3) is 10.1 Å². The Hall–Kier alpha value is -1.35. The van der Waals surface area contributed by atoms with Gasteiger partial charge in [-0.1, -0.05) is 168 Å². The van der Waals surface area contributed by atoms with Crippen LogP contribution in [-0.2, 0) is 38.7 Å². The minimum absolute atomic E-state index is 0.172. The van der Waals surface area contributed by atoms with E-state index < -0.39 is 71.2 Å². The zero-order chi connectivity index (χ0) is 39.9. The van der Waals surface area contributed by atoms with Crippen molar-refractivity contribution in [1.29, 1.82) is 0 Å². The van der Waals surface area contributed by atoms with Crippen LogP contribution in [0, 0.1) is 0 Å². The summed E-state index contributed by atoms with van der Waals surface area (Å²) >= 11 is 0. The maximum Gasteiger partial charge on any atom is 0.306 e. The van der Waals surface area contributed by atoms with Crippen LogP contribution in [-0.4, -0.2) is 96.0 Å². The van der Waals surface area contributed by atoms with E-state index in [2.05, 4.69) is 13.8 Å². The van der Waals surface area contributed by atoms with E-state index in [1.54, 1.807) is 0 Å². The van der Waals surface area contributed by atoms with Crippen LogP contribution in [0.5, 0.6) is 0 Å². The van der Waals surface area contributed by atoms with Gasteiger partial charge in [0, 0.05) is 12.8 Å². The summed E-state index contributed by atoms with van der Waals surface area (Å²) in [4.78, 5) is 25.2. The molecule has 2 unspecified atom stereocenters. The second-order valence-electron chi connectivity index (χ2n) is 15.4. The lowest BCUT2D eigenvalue weighted by atomic mass is 10.00. The number of hydrogen-bond acceptors (Lipinski definition) is 11. The number of rotatable bonds is 36. The average Bonchev–Trinajstić information content (AvgIpc) is 3.13. The lowest BCUT2D eigenvalue weighted by molar-refractivity contribution is -0.297. The molecule has 0 aromatic carbocycles. The molecule has 54 heavy (non-hydrogen) atoms. The molecule has 0 aliphatic carbocycles. The summed E-state index contributed by atoms with van der Waals surface area (Å²) in [6.45, 7) is 3.73. The molecule has 0 saturated carbocycles. The molecule has 4 N–H and O–H groups in total. The molecule has 0 aromatic rings. The van der Waals surface area contributed by atoms with Crippen molar-refractivity contribution in [3.05, 3.63) is 0 Å². The molecule has 1 aliphatic heterocycles. The normalized spacial score (nSPS) is 20.9. The fourth-order valence-corrected chi connectivity index (χ4v) is 7.49. The van der Waals surface area contributed by atoms with Crippen LogP contribution in [0.4, 0.5) is 0 Å². The maximum atomic E-state index is 12.8. The van der Waals surface area contributed by atoms with Crippen molar-refractivity contribution < 1.29 is 56.8 Å². The highest BCUT2D eigenvalue weighted by Gasteiger charge is 2.46. The monoisotopic (exact) mass is 795 g/mol. The first-order valence-electron chi connectivity index (χ1n) is 21.6. The Morgan fingerprint density at radius 2 is 0.944 bits per heavy atom. The first kappa shape index (κ1) is 50.7. The topological polar surface area (TPSA) is 186 Å². The molecule has 6 atom stereocenters. The number of hydrogen-bond donors (Lipinski definition) is 4. The fourth-order valence-electron chi connectivity index (χ4n) is 6.79. The minimum atomic E-state index is -4.59. The lowest BCUT2D eigenvalue weighted by Crippen LogP contribution is -2.60. The first-order valence-corrected chi connectivity index (χ1v) is 23.2. The third-order valence-corrected chi connectivity index (χ3v) is 10.9. The number of unbranched alkanes of at least 4 members (excludes halogenated alkanes) is 24.